The first-order valence-electron chi connectivity index (χ1n) is 5.76. The number of aliphatic hydroxyl groups is 1. The number of esters is 1. The molecule has 2 rings (SSSR count). The average Bonchev–Trinajstić information content (AvgIpc) is 2.63. The highest BCUT2D eigenvalue weighted by molar-refractivity contribution is 5.90. The molecule has 0 spiro atoms. The fourth-order valence-electron chi connectivity index (χ4n) is 2.41. The first kappa shape index (κ1) is 13.5. The van der Waals surface area contributed by atoms with E-state index in [1.807, 2.05) is 0 Å². The molecule has 0 saturated carbocycles. The molecule has 1 N–H and O–H groups in total. The molecule has 0 radical (unpaired) electrons. The molecule has 0 unspecified atom stereocenters. The maximum Gasteiger partial charge on any atom is 0.336 e. The van der Waals surface area contributed by atoms with Crippen LogP contribution in [0.3, 0.4) is 0 Å². The van der Waals surface area contributed by atoms with Crippen molar-refractivity contribution in [3.8, 4) is 0 Å². The Hall–Kier alpha value is -0.950. The molecule has 0 bridgehead atoms. The number of rotatable bonds is 2. The van der Waals surface area contributed by atoms with Gasteiger partial charge in [-0.2, -0.15) is 0 Å². The Balaban J connectivity index is 2.33. The molecule has 0 aromatic carbocycles. The van der Waals surface area contributed by atoms with E-state index in [2.05, 4.69) is 4.74 Å². The van der Waals surface area contributed by atoms with Gasteiger partial charge < -0.3 is 24.1 Å². The van der Waals surface area contributed by atoms with Crippen LogP contribution in [0, 0.1) is 0 Å². The van der Waals surface area contributed by atoms with Crippen molar-refractivity contribution in [2.24, 2.45) is 0 Å². The van der Waals surface area contributed by atoms with Crippen LogP contribution in [0.25, 0.3) is 0 Å². The Morgan fingerprint density at radius 2 is 2.06 bits per heavy atom. The summed E-state index contributed by atoms with van der Waals surface area (Å²) in [6.07, 6.45) is -1.16. The third kappa shape index (κ3) is 2.16. The summed E-state index contributed by atoms with van der Waals surface area (Å²) >= 11 is 0. The summed E-state index contributed by atoms with van der Waals surface area (Å²) in [6, 6.07) is 0. The molecule has 6 heteroatoms. The van der Waals surface area contributed by atoms with Crippen LogP contribution in [-0.2, 0) is 23.7 Å². The maximum atomic E-state index is 11.7. The summed E-state index contributed by atoms with van der Waals surface area (Å²) < 4.78 is 21.1. The lowest BCUT2D eigenvalue weighted by Crippen LogP contribution is -2.49. The van der Waals surface area contributed by atoms with E-state index in [0.717, 1.165) is 0 Å². The highest BCUT2D eigenvalue weighted by Crippen LogP contribution is 2.37. The van der Waals surface area contributed by atoms with E-state index >= 15 is 0 Å². The van der Waals surface area contributed by atoms with Gasteiger partial charge in [-0.05, 0) is 19.9 Å². The molecular weight excluding hydrogens is 240 g/mol. The topological polar surface area (TPSA) is 74.2 Å². The molecule has 0 amide bonds. The van der Waals surface area contributed by atoms with Crippen LogP contribution in [-0.4, -0.2) is 55.5 Å². The molecular formula is C12H18O6. The first-order chi connectivity index (χ1) is 8.39. The van der Waals surface area contributed by atoms with Crippen molar-refractivity contribution in [3.63, 3.8) is 0 Å². The summed E-state index contributed by atoms with van der Waals surface area (Å²) in [4.78, 5) is 11.7. The normalized spacial score (nSPS) is 37.9. The zero-order valence-corrected chi connectivity index (χ0v) is 10.9. The smallest absolute Gasteiger partial charge is 0.336 e. The van der Waals surface area contributed by atoms with Crippen molar-refractivity contribution in [1.29, 1.82) is 0 Å². The second kappa shape index (κ2) is 4.62. The predicted octanol–water partition coefficient (Wildman–Crippen LogP) is -0.00460. The Morgan fingerprint density at radius 3 is 2.61 bits per heavy atom. The molecule has 2 aliphatic rings. The van der Waals surface area contributed by atoms with E-state index in [1.54, 1.807) is 19.9 Å². The van der Waals surface area contributed by atoms with Gasteiger partial charge in [-0.25, -0.2) is 4.79 Å². The number of ether oxygens (including phenoxy) is 4. The highest BCUT2D eigenvalue weighted by Gasteiger charge is 2.51. The van der Waals surface area contributed by atoms with Gasteiger partial charge in [0.15, 0.2) is 5.79 Å². The monoisotopic (exact) mass is 258 g/mol. The Kier molecular flexibility index (Phi) is 3.46. The quantitative estimate of drug-likeness (QED) is 0.702. The highest BCUT2D eigenvalue weighted by atomic mass is 16.8. The van der Waals surface area contributed by atoms with Crippen molar-refractivity contribution in [3.05, 3.63) is 11.6 Å². The molecule has 1 aliphatic heterocycles. The Labute approximate surface area is 105 Å². The van der Waals surface area contributed by atoms with E-state index in [1.165, 1.54) is 14.2 Å². The van der Waals surface area contributed by atoms with E-state index in [0.29, 0.717) is 0 Å². The average molecular weight is 258 g/mol. The first-order valence-corrected chi connectivity index (χ1v) is 5.76. The predicted molar refractivity (Wildman–Crippen MR) is 60.7 cm³/mol. The number of hydrogen-bond acceptors (Lipinski definition) is 6. The molecule has 102 valence electrons. The van der Waals surface area contributed by atoms with Gasteiger partial charge in [0.05, 0.1) is 12.7 Å². The molecule has 0 aromatic heterocycles. The van der Waals surface area contributed by atoms with Gasteiger partial charge in [-0.15, -0.1) is 0 Å². The Morgan fingerprint density at radius 1 is 1.39 bits per heavy atom. The number of carbonyl (C=O) groups excluding carboxylic acids is 1. The van der Waals surface area contributed by atoms with Gasteiger partial charge in [0.25, 0.3) is 0 Å². The minimum Gasteiger partial charge on any atom is -0.466 e. The van der Waals surface area contributed by atoms with Crippen LogP contribution in [0.5, 0.6) is 0 Å². The minimum atomic E-state index is -0.971. The summed E-state index contributed by atoms with van der Waals surface area (Å²) in [6.45, 7) is 3.51. The third-order valence-corrected chi connectivity index (χ3v) is 3.14. The zero-order chi connectivity index (χ0) is 13.5. The van der Waals surface area contributed by atoms with Crippen LogP contribution in [0.4, 0.5) is 0 Å². The molecule has 1 aliphatic carbocycles. The number of fused-ring (bicyclic) bond motifs is 1. The fraction of sp³-hybridized carbons (Fsp3) is 0.750. The molecule has 1 heterocycles. The van der Waals surface area contributed by atoms with Crippen LogP contribution < -0.4 is 0 Å². The van der Waals surface area contributed by atoms with Crippen molar-refractivity contribution < 1.29 is 28.8 Å². The molecule has 0 aromatic rings. The molecule has 1 saturated heterocycles. The van der Waals surface area contributed by atoms with E-state index in [9.17, 15) is 9.90 Å². The minimum absolute atomic E-state index is 0.259. The zero-order valence-electron chi connectivity index (χ0n) is 10.9. The number of aliphatic hydroxyl groups excluding tert-OH is 1. The Bertz CT molecular complexity index is 375. The number of carbonyl (C=O) groups is 1. The van der Waals surface area contributed by atoms with E-state index in [-0.39, 0.29) is 5.57 Å². The van der Waals surface area contributed by atoms with Gasteiger partial charge in [0.1, 0.15) is 24.4 Å². The van der Waals surface area contributed by atoms with E-state index < -0.39 is 36.2 Å². The van der Waals surface area contributed by atoms with Gasteiger partial charge in [0.2, 0.25) is 0 Å². The second-order valence-corrected chi connectivity index (χ2v) is 4.83. The number of hydrogen-bond donors (Lipinski definition) is 1. The van der Waals surface area contributed by atoms with Crippen LogP contribution in [0.2, 0.25) is 0 Å². The third-order valence-electron chi connectivity index (χ3n) is 3.14. The van der Waals surface area contributed by atoms with E-state index in [4.69, 9.17) is 14.2 Å². The molecule has 4 atom stereocenters. The summed E-state index contributed by atoms with van der Waals surface area (Å²) in [5.41, 5.74) is 0.259. The lowest BCUT2D eigenvalue weighted by atomic mass is 9.89. The van der Waals surface area contributed by atoms with Crippen LogP contribution >= 0.6 is 0 Å². The van der Waals surface area contributed by atoms with Crippen molar-refractivity contribution in [2.45, 2.75) is 44.1 Å². The van der Waals surface area contributed by atoms with Gasteiger partial charge in [-0.3, -0.25) is 0 Å². The molecule has 6 nitrogen and oxygen atoms in total. The van der Waals surface area contributed by atoms with Crippen molar-refractivity contribution in [1.82, 2.24) is 0 Å². The maximum absolute atomic E-state index is 11.7. The molecule has 18 heavy (non-hydrogen) atoms. The van der Waals surface area contributed by atoms with Gasteiger partial charge in [0, 0.05) is 7.11 Å². The van der Waals surface area contributed by atoms with Crippen molar-refractivity contribution >= 4 is 5.97 Å². The van der Waals surface area contributed by atoms with Crippen molar-refractivity contribution in [2.75, 3.05) is 14.2 Å². The summed E-state index contributed by atoms with van der Waals surface area (Å²) in [7, 11) is 2.70. The van der Waals surface area contributed by atoms with Gasteiger partial charge in [-0.1, -0.05) is 0 Å². The van der Waals surface area contributed by atoms with Crippen LogP contribution in [0.15, 0.2) is 11.6 Å². The standard InChI is InChI=1S/C12H18O6/c1-12(2)17-7-5-6(11(14)16-4)9(15-3)8(13)10(7)18-12/h5,7-10,13H,1-4H3/t7-,8+,9+,10-/m0/s1. The number of methoxy groups -OCH3 is 2. The summed E-state index contributed by atoms with van der Waals surface area (Å²) in [5, 5.41) is 10.2. The SMILES string of the molecule is COC(=O)C1=C[C@@H]2OC(C)(C)O[C@@H]2[C@H](O)[C@@H]1OC. The lowest BCUT2D eigenvalue weighted by molar-refractivity contribution is -0.161. The largest absolute Gasteiger partial charge is 0.466 e. The molecule has 1 fully saturated rings. The second-order valence-electron chi connectivity index (χ2n) is 4.83. The van der Waals surface area contributed by atoms with Crippen LogP contribution in [0.1, 0.15) is 13.8 Å². The lowest BCUT2D eigenvalue weighted by Gasteiger charge is -2.32. The van der Waals surface area contributed by atoms with Gasteiger partial charge >= 0.3 is 5.97 Å². The summed E-state index contributed by atoms with van der Waals surface area (Å²) in [5.74, 6) is -1.33. The fourth-order valence-corrected chi connectivity index (χ4v) is 2.41.